The van der Waals surface area contributed by atoms with E-state index < -0.39 is 42.8 Å². The Morgan fingerprint density at radius 2 is 1.88 bits per heavy atom. The minimum atomic E-state index is -4.75. The molecule has 1 amide bonds. The number of benzene rings is 2. The van der Waals surface area contributed by atoms with Crippen molar-refractivity contribution in [2.24, 2.45) is 0 Å². The molecule has 0 radical (unpaired) electrons. The number of halogens is 4. The molecule has 0 fully saturated rings. The number of H-pyrrole nitrogens is 1. The highest BCUT2D eigenvalue weighted by atomic mass is 35.5. The Balaban J connectivity index is 1.75. The molecule has 168 valence electrons. The van der Waals surface area contributed by atoms with E-state index in [1.807, 2.05) is 0 Å². The average Bonchev–Trinajstić information content (AvgIpc) is 2.71. The van der Waals surface area contributed by atoms with Crippen molar-refractivity contribution in [3.05, 3.63) is 75.7 Å². The molecule has 32 heavy (non-hydrogen) atoms. The Labute approximate surface area is 189 Å². The fraction of sp³-hybridized carbons (Fsp3) is 0.105. The summed E-state index contributed by atoms with van der Waals surface area (Å²) in [6.07, 6.45) is -4.01. The Morgan fingerprint density at radius 1 is 1.16 bits per heavy atom. The van der Waals surface area contributed by atoms with Crippen LogP contribution in [0.2, 0.25) is 5.02 Å². The summed E-state index contributed by atoms with van der Waals surface area (Å²) in [5.74, 6) is -0.588. The number of thioether (sulfide) groups is 1. The van der Waals surface area contributed by atoms with Gasteiger partial charge in [-0.3, -0.25) is 9.59 Å². The normalized spacial score (nSPS) is 11.9. The quantitative estimate of drug-likeness (QED) is 0.388. The van der Waals surface area contributed by atoms with E-state index in [4.69, 9.17) is 11.6 Å². The molecule has 3 rings (SSSR count). The number of anilines is 1. The molecule has 0 spiro atoms. The van der Waals surface area contributed by atoms with E-state index in [1.165, 1.54) is 6.07 Å². The van der Waals surface area contributed by atoms with Gasteiger partial charge in [0.25, 0.3) is 5.56 Å². The molecule has 0 atom stereocenters. The van der Waals surface area contributed by atoms with Crippen LogP contribution in [0.5, 0.6) is 0 Å². The summed E-state index contributed by atoms with van der Waals surface area (Å²) < 4.78 is 63.9. The second-order valence-electron chi connectivity index (χ2n) is 6.26. The second-order valence-corrected chi connectivity index (χ2v) is 9.58. The third-order valence-corrected chi connectivity index (χ3v) is 6.82. The Morgan fingerprint density at radius 3 is 2.53 bits per heavy atom. The summed E-state index contributed by atoms with van der Waals surface area (Å²) in [5.41, 5.74) is -1.77. The van der Waals surface area contributed by atoms with Gasteiger partial charge in [0, 0.05) is 10.7 Å². The van der Waals surface area contributed by atoms with Crippen LogP contribution in [0.1, 0.15) is 5.56 Å². The number of hydrogen-bond acceptors (Lipinski definition) is 6. The molecule has 0 saturated carbocycles. The van der Waals surface area contributed by atoms with Crippen LogP contribution in [0.15, 0.2) is 74.5 Å². The molecular weight excluding hydrogens is 491 g/mol. The van der Waals surface area contributed by atoms with Gasteiger partial charge >= 0.3 is 6.18 Å². The van der Waals surface area contributed by atoms with Crippen LogP contribution >= 0.6 is 23.4 Å². The molecule has 0 saturated heterocycles. The Bertz CT molecular complexity index is 1330. The molecule has 0 aliphatic rings. The van der Waals surface area contributed by atoms with E-state index in [9.17, 15) is 31.2 Å². The molecule has 0 unspecified atom stereocenters. The van der Waals surface area contributed by atoms with Gasteiger partial charge in [0.05, 0.1) is 22.4 Å². The van der Waals surface area contributed by atoms with E-state index >= 15 is 0 Å². The first-order valence-electron chi connectivity index (χ1n) is 8.67. The predicted molar refractivity (Wildman–Crippen MR) is 113 cm³/mol. The van der Waals surface area contributed by atoms with Crippen LogP contribution in [0.3, 0.4) is 0 Å². The molecule has 2 N–H and O–H groups in total. The third-order valence-electron chi connectivity index (χ3n) is 3.95. The van der Waals surface area contributed by atoms with Crippen molar-refractivity contribution in [1.82, 2.24) is 9.97 Å². The first-order valence-corrected chi connectivity index (χ1v) is 11.5. The maximum Gasteiger partial charge on any atom is 0.416 e. The van der Waals surface area contributed by atoms with E-state index in [1.54, 1.807) is 18.2 Å². The number of alkyl halides is 3. The highest BCUT2D eigenvalue weighted by Gasteiger charge is 2.32. The van der Waals surface area contributed by atoms with Gasteiger partial charge in [0.2, 0.25) is 15.7 Å². The van der Waals surface area contributed by atoms with Crippen LogP contribution in [0, 0.1) is 0 Å². The summed E-state index contributed by atoms with van der Waals surface area (Å²) in [5, 5.41) is 2.98. The van der Waals surface area contributed by atoms with Crippen molar-refractivity contribution in [2.45, 2.75) is 21.1 Å². The highest BCUT2D eigenvalue weighted by Crippen LogP contribution is 2.31. The van der Waals surface area contributed by atoms with Gasteiger partial charge in [0.1, 0.15) is 0 Å². The first kappa shape index (κ1) is 23.8. The number of carbonyl (C=O) groups excluding carboxylic acids is 1. The summed E-state index contributed by atoms with van der Waals surface area (Å²) in [4.78, 5) is 28.8. The summed E-state index contributed by atoms with van der Waals surface area (Å²) in [7, 11) is -4.55. The summed E-state index contributed by atoms with van der Waals surface area (Å²) in [6.45, 7) is 0. The standard InChI is InChI=1S/C19H13ClF3N3O4S2/c20-12-4-2-5-13(8-12)25-16(27)10-31-18-24-9-15(17(28)26-18)32(29,30)14-6-1-3-11(7-14)19(21,22)23/h1-9H,10H2,(H,25,27)(H,24,26,28). The van der Waals surface area contributed by atoms with Crippen LogP contribution in [0.25, 0.3) is 0 Å². The van der Waals surface area contributed by atoms with Gasteiger partial charge < -0.3 is 10.3 Å². The number of sulfone groups is 1. The smallest absolute Gasteiger partial charge is 0.325 e. The van der Waals surface area contributed by atoms with E-state index in [2.05, 4.69) is 15.3 Å². The minimum absolute atomic E-state index is 0.0424. The zero-order chi connectivity index (χ0) is 23.5. The number of carbonyl (C=O) groups is 1. The molecular formula is C19H13ClF3N3O4S2. The monoisotopic (exact) mass is 503 g/mol. The highest BCUT2D eigenvalue weighted by molar-refractivity contribution is 7.99. The van der Waals surface area contributed by atoms with Gasteiger partial charge in [-0.15, -0.1) is 0 Å². The SMILES string of the molecule is O=C(CSc1ncc(S(=O)(=O)c2cccc(C(F)(F)F)c2)c(=O)[nH]1)Nc1cccc(Cl)c1. The van der Waals surface area contributed by atoms with E-state index in [0.717, 1.165) is 36.2 Å². The molecule has 1 heterocycles. The topological polar surface area (TPSA) is 109 Å². The molecule has 13 heteroatoms. The molecule has 3 aromatic rings. The molecule has 0 bridgehead atoms. The lowest BCUT2D eigenvalue weighted by molar-refractivity contribution is -0.137. The summed E-state index contributed by atoms with van der Waals surface area (Å²) >= 11 is 6.67. The number of aromatic amines is 1. The Kier molecular flexibility index (Phi) is 6.96. The number of aromatic nitrogens is 2. The lowest BCUT2D eigenvalue weighted by Gasteiger charge is -2.09. The van der Waals surface area contributed by atoms with Crippen molar-refractivity contribution in [2.75, 3.05) is 11.1 Å². The first-order chi connectivity index (χ1) is 15.0. The van der Waals surface area contributed by atoms with Gasteiger partial charge in [-0.05, 0) is 36.4 Å². The zero-order valence-electron chi connectivity index (χ0n) is 15.8. The largest absolute Gasteiger partial charge is 0.416 e. The van der Waals surface area contributed by atoms with Crippen molar-refractivity contribution in [1.29, 1.82) is 0 Å². The summed E-state index contributed by atoms with van der Waals surface area (Å²) in [6, 6.07) is 9.49. The van der Waals surface area contributed by atoms with Crippen LogP contribution < -0.4 is 10.9 Å². The Hall–Kier alpha value is -2.83. The maximum atomic E-state index is 12.9. The fourth-order valence-electron chi connectivity index (χ4n) is 2.50. The van der Waals surface area contributed by atoms with Crippen molar-refractivity contribution >= 4 is 44.8 Å². The average molecular weight is 504 g/mol. The minimum Gasteiger partial charge on any atom is -0.325 e. The van der Waals surface area contributed by atoms with Crippen LogP contribution in [-0.4, -0.2) is 30.0 Å². The maximum absolute atomic E-state index is 12.9. The van der Waals surface area contributed by atoms with E-state index in [0.29, 0.717) is 16.8 Å². The number of nitrogens with zero attached hydrogens (tertiary/aromatic N) is 1. The van der Waals surface area contributed by atoms with Crippen LogP contribution in [0.4, 0.5) is 18.9 Å². The van der Waals surface area contributed by atoms with Crippen LogP contribution in [-0.2, 0) is 20.8 Å². The number of amides is 1. The number of rotatable bonds is 6. The molecule has 1 aromatic heterocycles. The lowest BCUT2D eigenvalue weighted by atomic mass is 10.2. The third kappa shape index (κ3) is 5.69. The number of nitrogens with one attached hydrogen (secondary N) is 2. The van der Waals surface area contributed by atoms with Gasteiger partial charge in [-0.25, -0.2) is 13.4 Å². The number of hydrogen-bond donors (Lipinski definition) is 2. The van der Waals surface area contributed by atoms with Gasteiger partial charge in [0.15, 0.2) is 10.1 Å². The second kappa shape index (κ2) is 9.35. The van der Waals surface area contributed by atoms with Gasteiger partial charge in [-0.1, -0.05) is 35.5 Å². The molecule has 7 nitrogen and oxygen atoms in total. The lowest BCUT2D eigenvalue weighted by Crippen LogP contribution is -2.20. The van der Waals surface area contributed by atoms with E-state index in [-0.39, 0.29) is 10.9 Å². The fourth-order valence-corrected chi connectivity index (χ4v) is 4.60. The zero-order valence-corrected chi connectivity index (χ0v) is 18.2. The van der Waals surface area contributed by atoms with Crippen molar-refractivity contribution in [3.8, 4) is 0 Å². The molecule has 0 aliphatic carbocycles. The molecule has 0 aliphatic heterocycles. The predicted octanol–water partition coefficient (Wildman–Crippen LogP) is 4.01. The van der Waals surface area contributed by atoms with Gasteiger partial charge in [-0.2, -0.15) is 13.2 Å². The van der Waals surface area contributed by atoms with Crippen molar-refractivity contribution in [3.63, 3.8) is 0 Å². The van der Waals surface area contributed by atoms with Crippen molar-refractivity contribution < 1.29 is 26.4 Å². The molecule has 2 aromatic carbocycles.